The predicted octanol–water partition coefficient (Wildman–Crippen LogP) is -0.447. The molecule has 1 rings (SSSR count). The van der Waals surface area contributed by atoms with Crippen molar-refractivity contribution < 1.29 is 4.79 Å². The van der Waals surface area contributed by atoms with E-state index in [4.69, 9.17) is 5.73 Å². The minimum absolute atomic E-state index is 0.0207. The molecule has 66 valence electrons. The zero-order valence-corrected chi connectivity index (χ0v) is 7.19. The molecular formula is C7H12N4O. The first-order valence-corrected chi connectivity index (χ1v) is 3.57. The van der Waals surface area contributed by atoms with Gasteiger partial charge in [-0.1, -0.05) is 0 Å². The van der Waals surface area contributed by atoms with Crippen LogP contribution >= 0.6 is 0 Å². The molecule has 0 aliphatic rings. The standard InChI is InChI=1S/C7H12N4O/c1-10(2)7(12)4-11-3-6(8)9-5-11/h3,5H,4,8H2,1-2H3. The monoisotopic (exact) mass is 168 g/mol. The van der Waals surface area contributed by atoms with Crippen LogP contribution in [0.4, 0.5) is 5.82 Å². The van der Waals surface area contributed by atoms with E-state index >= 15 is 0 Å². The summed E-state index contributed by atoms with van der Waals surface area (Å²) in [6.45, 7) is 0.289. The summed E-state index contributed by atoms with van der Waals surface area (Å²) in [7, 11) is 3.42. The van der Waals surface area contributed by atoms with E-state index in [0.717, 1.165) is 0 Å². The summed E-state index contributed by atoms with van der Waals surface area (Å²) < 4.78 is 1.65. The van der Waals surface area contributed by atoms with Gasteiger partial charge < -0.3 is 15.2 Å². The Morgan fingerprint density at radius 1 is 1.75 bits per heavy atom. The highest BCUT2D eigenvalue weighted by molar-refractivity contribution is 5.75. The Bertz CT molecular complexity index is 279. The summed E-state index contributed by atoms with van der Waals surface area (Å²) >= 11 is 0. The van der Waals surface area contributed by atoms with Gasteiger partial charge in [0.25, 0.3) is 0 Å². The molecule has 5 heteroatoms. The number of carbonyl (C=O) groups is 1. The summed E-state index contributed by atoms with van der Waals surface area (Å²) in [5.74, 6) is 0.453. The van der Waals surface area contributed by atoms with Crippen molar-refractivity contribution in [3.05, 3.63) is 12.5 Å². The van der Waals surface area contributed by atoms with E-state index in [1.165, 1.54) is 11.2 Å². The molecule has 1 aromatic rings. The molecular weight excluding hydrogens is 156 g/mol. The lowest BCUT2D eigenvalue weighted by Gasteiger charge is -2.09. The first-order chi connectivity index (χ1) is 5.59. The van der Waals surface area contributed by atoms with Crippen LogP contribution in [0.3, 0.4) is 0 Å². The average molecular weight is 168 g/mol. The fourth-order valence-corrected chi connectivity index (χ4v) is 0.761. The lowest BCUT2D eigenvalue weighted by Crippen LogP contribution is -2.25. The molecule has 0 saturated carbocycles. The van der Waals surface area contributed by atoms with Gasteiger partial charge in [-0.3, -0.25) is 4.79 Å². The smallest absolute Gasteiger partial charge is 0.242 e. The predicted molar refractivity (Wildman–Crippen MR) is 45.3 cm³/mol. The number of nitrogens with two attached hydrogens (primary N) is 1. The summed E-state index contributed by atoms with van der Waals surface area (Å²) in [6.07, 6.45) is 3.16. The van der Waals surface area contributed by atoms with Gasteiger partial charge in [0.2, 0.25) is 5.91 Å². The number of nitrogen functional groups attached to an aromatic ring is 1. The summed E-state index contributed by atoms with van der Waals surface area (Å²) in [5.41, 5.74) is 5.37. The molecule has 1 amide bonds. The maximum atomic E-state index is 11.2. The Morgan fingerprint density at radius 3 is 2.83 bits per heavy atom. The second-order valence-corrected chi connectivity index (χ2v) is 2.76. The minimum Gasteiger partial charge on any atom is -0.382 e. The molecule has 0 aliphatic carbocycles. The van der Waals surface area contributed by atoms with Crippen molar-refractivity contribution in [3.8, 4) is 0 Å². The number of aromatic nitrogens is 2. The normalized spacial score (nSPS) is 9.83. The summed E-state index contributed by atoms with van der Waals surface area (Å²) in [5, 5.41) is 0. The number of rotatable bonds is 2. The van der Waals surface area contributed by atoms with Crippen molar-refractivity contribution in [2.24, 2.45) is 0 Å². The minimum atomic E-state index is 0.0207. The van der Waals surface area contributed by atoms with Crippen LogP contribution < -0.4 is 5.73 Å². The molecule has 5 nitrogen and oxygen atoms in total. The highest BCUT2D eigenvalue weighted by Crippen LogP contribution is 1.96. The van der Waals surface area contributed by atoms with Gasteiger partial charge in [0, 0.05) is 20.3 Å². The zero-order valence-electron chi connectivity index (χ0n) is 7.19. The molecule has 0 bridgehead atoms. The molecule has 0 aromatic carbocycles. The van der Waals surface area contributed by atoms with E-state index in [-0.39, 0.29) is 12.5 Å². The Morgan fingerprint density at radius 2 is 2.42 bits per heavy atom. The number of carbonyl (C=O) groups excluding carboxylic acids is 1. The van der Waals surface area contributed by atoms with Crippen molar-refractivity contribution in [1.29, 1.82) is 0 Å². The summed E-state index contributed by atoms with van der Waals surface area (Å²) in [6, 6.07) is 0. The molecule has 0 aliphatic heterocycles. The van der Waals surface area contributed by atoms with Crippen molar-refractivity contribution in [3.63, 3.8) is 0 Å². The quantitative estimate of drug-likeness (QED) is 0.650. The lowest BCUT2D eigenvalue weighted by molar-refractivity contribution is -0.129. The van der Waals surface area contributed by atoms with Crippen LogP contribution in [-0.2, 0) is 11.3 Å². The zero-order chi connectivity index (χ0) is 9.14. The first-order valence-electron chi connectivity index (χ1n) is 3.57. The third-order valence-corrected chi connectivity index (χ3v) is 1.47. The molecule has 0 fully saturated rings. The topological polar surface area (TPSA) is 64.2 Å². The number of amides is 1. The van der Waals surface area contributed by atoms with Crippen molar-refractivity contribution in [2.45, 2.75) is 6.54 Å². The van der Waals surface area contributed by atoms with Gasteiger partial charge in [-0.05, 0) is 0 Å². The van der Waals surface area contributed by atoms with Crippen LogP contribution in [0.15, 0.2) is 12.5 Å². The Balaban J connectivity index is 2.58. The molecule has 1 aromatic heterocycles. The lowest BCUT2D eigenvalue weighted by atomic mass is 10.5. The molecule has 0 radical (unpaired) electrons. The van der Waals surface area contributed by atoms with Gasteiger partial charge in [-0.15, -0.1) is 0 Å². The highest BCUT2D eigenvalue weighted by atomic mass is 16.2. The SMILES string of the molecule is CN(C)C(=O)Cn1cnc(N)c1. The number of imidazole rings is 1. The van der Waals surface area contributed by atoms with Crippen LogP contribution in [0.1, 0.15) is 0 Å². The van der Waals surface area contributed by atoms with E-state index in [9.17, 15) is 4.79 Å². The third kappa shape index (κ3) is 1.98. The van der Waals surface area contributed by atoms with Gasteiger partial charge in [0.05, 0.1) is 6.33 Å². The number of nitrogens with zero attached hydrogens (tertiary/aromatic N) is 3. The molecule has 0 spiro atoms. The van der Waals surface area contributed by atoms with Gasteiger partial charge in [0.15, 0.2) is 0 Å². The van der Waals surface area contributed by atoms with Crippen LogP contribution in [0.5, 0.6) is 0 Å². The van der Waals surface area contributed by atoms with E-state index in [2.05, 4.69) is 4.98 Å². The van der Waals surface area contributed by atoms with Crippen LogP contribution in [-0.4, -0.2) is 34.5 Å². The van der Waals surface area contributed by atoms with E-state index < -0.39 is 0 Å². The molecule has 0 atom stereocenters. The van der Waals surface area contributed by atoms with E-state index in [1.807, 2.05) is 0 Å². The molecule has 0 unspecified atom stereocenters. The van der Waals surface area contributed by atoms with Crippen LogP contribution in [0.25, 0.3) is 0 Å². The maximum Gasteiger partial charge on any atom is 0.242 e. The molecule has 1 heterocycles. The Labute approximate surface area is 70.8 Å². The van der Waals surface area contributed by atoms with Crippen LogP contribution in [0.2, 0.25) is 0 Å². The second-order valence-electron chi connectivity index (χ2n) is 2.76. The second kappa shape index (κ2) is 3.25. The van der Waals surface area contributed by atoms with Crippen molar-refractivity contribution >= 4 is 11.7 Å². The first kappa shape index (κ1) is 8.58. The molecule has 2 N–H and O–H groups in total. The highest BCUT2D eigenvalue weighted by Gasteiger charge is 2.04. The number of hydrogen-bond acceptors (Lipinski definition) is 3. The Kier molecular flexibility index (Phi) is 2.32. The molecule has 0 saturated heterocycles. The molecule has 12 heavy (non-hydrogen) atoms. The maximum absolute atomic E-state index is 11.2. The van der Waals surface area contributed by atoms with E-state index in [1.54, 1.807) is 24.9 Å². The van der Waals surface area contributed by atoms with E-state index in [0.29, 0.717) is 5.82 Å². The largest absolute Gasteiger partial charge is 0.382 e. The number of likely N-dealkylation sites (N-methyl/N-ethyl adjacent to an activating group) is 1. The fraction of sp³-hybridized carbons (Fsp3) is 0.429. The van der Waals surface area contributed by atoms with Gasteiger partial charge in [0.1, 0.15) is 12.4 Å². The fourth-order valence-electron chi connectivity index (χ4n) is 0.761. The third-order valence-electron chi connectivity index (χ3n) is 1.47. The van der Waals surface area contributed by atoms with Gasteiger partial charge >= 0.3 is 0 Å². The van der Waals surface area contributed by atoms with Gasteiger partial charge in [-0.25, -0.2) is 4.98 Å². The van der Waals surface area contributed by atoms with Crippen molar-refractivity contribution in [2.75, 3.05) is 19.8 Å². The number of hydrogen-bond donors (Lipinski definition) is 1. The summed E-state index contributed by atoms with van der Waals surface area (Å²) in [4.78, 5) is 16.5. The average Bonchev–Trinajstić information content (AvgIpc) is 2.35. The van der Waals surface area contributed by atoms with Crippen LogP contribution in [0, 0.1) is 0 Å². The van der Waals surface area contributed by atoms with Gasteiger partial charge in [-0.2, -0.15) is 0 Å². The number of anilines is 1. The Hall–Kier alpha value is -1.52. The van der Waals surface area contributed by atoms with Crippen molar-refractivity contribution in [1.82, 2.24) is 14.5 Å².